The first-order valence-electron chi connectivity index (χ1n) is 7.33. The number of benzene rings is 2. The molecule has 9 nitrogen and oxygen atoms in total. The molecule has 0 aromatic heterocycles. The van der Waals surface area contributed by atoms with E-state index in [-0.39, 0.29) is 41.4 Å². The zero-order chi connectivity index (χ0) is 19.3. The summed E-state index contributed by atoms with van der Waals surface area (Å²) in [7, 11) is 0. The van der Waals surface area contributed by atoms with Crippen LogP contribution in [0.1, 0.15) is 11.1 Å². The maximum absolute atomic E-state index is 9.61. The Labute approximate surface area is 148 Å². The summed E-state index contributed by atoms with van der Waals surface area (Å²) >= 11 is 0. The molecule has 0 fully saturated rings. The molecule has 9 heteroatoms. The minimum absolute atomic E-state index is 0.0226. The molecule has 0 spiro atoms. The van der Waals surface area contributed by atoms with Crippen LogP contribution in [0.2, 0.25) is 0 Å². The fourth-order valence-corrected chi connectivity index (χ4v) is 1.93. The van der Waals surface area contributed by atoms with Gasteiger partial charge < -0.3 is 36.0 Å². The van der Waals surface area contributed by atoms with Gasteiger partial charge in [-0.25, -0.2) is 0 Å². The van der Waals surface area contributed by atoms with E-state index in [1.807, 2.05) is 0 Å². The molecular weight excluding hydrogens is 342 g/mol. The fourth-order valence-electron chi connectivity index (χ4n) is 1.93. The summed E-state index contributed by atoms with van der Waals surface area (Å²) < 4.78 is 0. The van der Waals surface area contributed by atoms with Crippen LogP contribution in [0.3, 0.4) is 0 Å². The van der Waals surface area contributed by atoms with Crippen LogP contribution in [0.15, 0.2) is 34.3 Å². The molecule has 2 aromatic carbocycles. The molecule has 0 amide bonds. The molecule has 0 unspecified atom stereocenters. The second-order valence-corrected chi connectivity index (χ2v) is 5.34. The smallest absolute Gasteiger partial charge is 0.161 e. The van der Waals surface area contributed by atoms with Crippen LogP contribution in [-0.2, 0) is 0 Å². The van der Waals surface area contributed by atoms with E-state index in [9.17, 15) is 30.6 Å². The third-order valence-electron chi connectivity index (χ3n) is 3.27. The molecule has 2 aromatic rings. The Morgan fingerprint density at radius 3 is 1.38 bits per heavy atom. The quantitative estimate of drug-likeness (QED) is 0.234. The number of phenols is 6. The minimum Gasteiger partial charge on any atom is -0.507 e. The summed E-state index contributed by atoms with van der Waals surface area (Å²) in [6.07, 6.45) is 2.49. The maximum Gasteiger partial charge on any atom is 0.161 e. The van der Waals surface area contributed by atoms with Gasteiger partial charge >= 0.3 is 0 Å². The first-order valence-corrected chi connectivity index (χ1v) is 7.33. The van der Waals surface area contributed by atoms with Gasteiger partial charge in [0.25, 0.3) is 0 Å². The lowest BCUT2D eigenvalue weighted by Gasteiger charge is -2.03. The molecule has 0 bridgehead atoms. The van der Waals surface area contributed by atoms with E-state index in [2.05, 4.69) is 9.98 Å². The number of phenolic OH excluding ortho intramolecular Hbond substituents is 6. The highest BCUT2D eigenvalue weighted by molar-refractivity contribution is 5.92. The number of nitrogens with zero attached hydrogens (tertiary/aromatic N) is 2. The summed E-state index contributed by atoms with van der Waals surface area (Å²) in [4.78, 5) is 7.89. The van der Waals surface area contributed by atoms with Crippen molar-refractivity contribution in [3.63, 3.8) is 0 Å². The zero-order valence-corrected chi connectivity index (χ0v) is 13.5. The van der Waals surface area contributed by atoms with Crippen LogP contribution in [0.25, 0.3) is 0 Å². The summed E-state index contributed by atoms with van der Waals surface area (Å²) in [6, 6.07) is 4.23. The van der Waals surface area contributed by atoms with E-state index in [0.717, 1.165) is 24.3 Å². The van der Waals surface area contributed by atoms with Crippen LogP contribution in [0, 0.1) is 5.41 Å². The molecule has 0 aliphatic carbocycles. The molecule has 0 atom stereocenters. The Kier molecular flexibility index (Phi) is 5.63. The monoisotopic (exact) mass is 359 g/mol. The zero-order valence-electron chi connectivity index (χ0n) is 13.5. The van der Waals surface area contributed by atoms with E-state index in [4.69, 9.17) is 5.41 Å². The maximum atomic E-state index is 9.61. The predicted molar refractivity (Wildman–Crippen MR) is 95.5 cm³/mol. The second-order valence-electron chi connectivity index (χ2n) is 5.34. The highest BCUT2D eigenvalue weighted by Gasteiger charge is 2.07. The van der Waals surface area contributed by atoms with Crippen molar-refractivity contribution in [2.75, 3.05) is 13.1 Å². The van der Waals surface area contributed by atoms with Crippen molar-refractivity contribution in [3.05, 3.63) is 35.4 Å². The van der Waals surface area contributed by atoms with E-state index < -0.39 is 23.0 Å². The number of aromatic hydroxyl groups is 6. The van der Waals surface area contributed by atoms with Gasteiger partial charge in [-0.1, -0.05) is 0 Å². The summed E-state index contributed by atoms with van der Waals surface area (Å²) in [5.41, 5.74) is 0.490. The molecule has 0 saturated carbocycles. The first kappa shape index (κ1) is 18.6. The van der Waals surface area contributed by atoms with Crippen LogP contribution >= 0.6 is 0 Å². The van der Waals surface area contributed by atoms with Crippen LogP contribution in [0.4, 0.5) is 0 Å². The molecule has 7 N–H and O–H groups in total. The molecule has 0 heterocycles. The van der Waals surface area contributed by atoms with Crippen molar-refractivity contribution >= 4 is 18.1 Å². The Morgan fingerprint density at radius 2 is 1.00 bits per heavy atom. The van der Waals surface area contributed by atoms with Crippen LogP contribution < -0.4 is 0 Å². The topological polar surface area (TPSA) is 170 Å². The van der Waals surface area contributed by atoms with E-state index in [1.165, 1.54) is 12.4 Å². The van der Waals surface area contributed by atoms with Gasteiger partial charge in [-0.15, -0.1) is 0 Å². The van der Waals surface area contributed by atoms with Gasteiger partial charge in [-0.2, -0.15) is 0 Å². The Morgan fingerprint density at radius 1 is 0.654 bits per heavy atom. The molecule has 0 aliphatic rings. The predicted octanol–water partition coefficient (Wildman–Crippen LogP) is 1.48. The molecule has 26 heavy (non-hydrogen) atoms. The van der Waals surface area contributed by atoms with Crippen molar-refractivity contribution in [1.29, 1.82) is 5.41 Å². The minimum atomic E-state index is -0.453. The van der Waals surface area contributed by atoms with Crippen molar-refractivity contribution in [3.8, 4) is 34.5 Å². The van der Waals surface area contributed by atoms with Gasteiger partial charge in [0.15, 0.2) is 23.0 Å². The van der Waals surface area contributed by atoms with Crippen molar-refractivity contribution in [2.24, 2.45) is 9.98 Å². The normalized spacial score (nSPS) is 11.4. The molecule has 0 radical (unpaired) electrons. The molecule has 0 saturated heterocycles. The SMILES string of the molecule is N=C(CN=Cc1cc(O)c(O)cc1O)CN=Cc1cc(O)c(O)cc1O. The lowest BCUT2D eigenvalue weighted by atomic mass is 10.2. The Balaban J connectivity index is 1.93. The van der Waals surface area contributed by atoms with E-state index in [1.54, 1.807) is 0 Å². The van der Waals surface area contributed by atoms with Gasteiger partial charge in [0.1, 0.15) is 11.5 Å². The summed E-state index contributed by atoms with van der Waals surface area (Å²) in [6.45, 7) is -0.0452. The molecule has 2 rings (SSSR count). The Hall–Kier alpha value is -3.75. The van der Waals surface area contributed by atoms with E-state index >= 15 is 0 Å². The summed E-state index contributed by atoms with van der Waals surface area (Å²) in [5.74, 6) is -2.25. The van der Waals surface area contributed by atoms with Crippen LogP contribution in [-0.4, -0.2) is 61.9 Å². The molecule has 0 aliphatic heterocycles. The molecule has 136 valence electrons. The number of hydrogen-bond donors (Lipinski definition) is 7. The third-order valence-corrected chi connectivity index (χ3v) is 3.27. The lowest BCUT2D eigenvalue weighted by molar-refractivity contribution is 0.396. The van der Waals surface area contributed by atoms with Crippen molar-refractivity contribution in [1.82, 2.24) is 0 Å². The molecular formula is C17H17N3O6. The summed E-state index contributed by atoms with van der Waals surface area (Å²) in [5, 5.41) is 64.2. The average Bonchev–Trinajstić information content (AvgIpc) is 2.57. The number of nitrogens with one attached hydrogen (secondary N) is 1. The number of rotatable bonds is 6. The fraction of sp³-hybridized carbons (Fsp3) is 0.118. The van der Waals surface area contributed by atoms with Crippen molar-refractivity contribution < 1.29 is 30.6 Å². The van der Waals surface area contributed by atoms with Gasteiger partial charge in [0.2, 0.25) is 0 Å². The van der Waals surface area contributed by atoms with Gasteiger partial charge in [0, 0.05) is 35.7 Å². The van der Waals surface area contributed by atoms with Gasteiger partial charge in [-0.05, 0) is 12.1 Å². The average molecular weight is 359 g/mol. The van der Waals surface area contributed by atoms with Gasteiger partial charge in [0.05, 0.1) is 18.8 Å². The third kappa shape index (κ3) is 4.63. The Bertz CT molecular complexity index is 821. The first-order chi connectivity index (χ1) is 12.3. The number of aliphatic imine (C=N–C) groups is 2. The lowest BCUT2D eigenvalue weighted by Crippen LogP contribution is -2.06. The highest BCUT2D eigenvalue weighted by atomic mass is 16.3. The number of hydrogen-bond acceptors (Lipinski definition) is 9. The van der Waals surface area contributed by atoms with Crippen LogP contribution in [0.5, 0.6) is 34.5 Å². The second kappa shape index (κ2) is 7.88. The standard InChI is InChI=1S/C17H17N3O6/c18-11(7-19-5-9-1-14(23)16(25)3-12(9)21)8-20-6-10-2-15(24)17(26)4-13(10)22/h1-6,18,21-26H,7-8H2. The highest BCUT2D eigenvalue weighted by Crippen LogP contribution is 2.32. The van der Waals surface area contributed by atoms with E-state index in [0.29, 0.717) is 0 Å². The van der Waals surface area contributed by atoms with Crippen molar-refractivity contribution in [2.45, 2.75) is 0 Å². The van der Waals surface area contributed by atoms with Gasteiger partial charge in [-0.3, -0.25) is 9.98 Å². The largest absolute Gasteiger partial charge is 0.507 e.